The number of esters is 1. The highest BCUT2D eigenvalue weighted by atomic mass is 16.5. The molecule has 1 fully saturated rings. The Labute approximate surface area is 158 Å². The molecular formula is C21H24N2O4. The molecule has 6 heteroatoms. The van der Waals surface area contributed by atoms with Crippen molar-refractivity contribution in [1.82, 2.24) is 4.90 Å². The van der Waals surface area contributed by atoms with Crippen molar-refractivity contribution >= 4 is 34.2 Å². The van der Waals surface area contributed by atoms with E-state index in [0.29, 0.717) is 6.54 Å². The van der Waals surface area contributed by atoms with Crippen LogP contribution < -0.4 is 4.90 Å². The van der Waals surface area contributed by atoms with Gasteiger partial charge in [-0.25, -0.2) is 0 Å². The summed E-state index contributed by atoms with van der Waals surface area (Å²) in [5, 5.41) is 2.05. The van der Waals surface area contributed by atoms with Gasteiger partial charge in [-0.05, 0) is 11.5 Å². The lowest BCUT2D eigenvalue weighted by molar-refractivity contribution is -0.146. The Bertz CT molecular complexity index is 874. The molecule has 2 aromatic rings. The van der Waals surface area contributed by atoms with Crippen molar-refractivity contribution in [3.8, 4) is 0 Å². The molecule has 1 heterocycles. The zero-order valence-corrected chi connectivity index (χ0v) is 15.8. The number of rotatable bonds is 5. The van der Waals surface area contributed by atoms with Crippen LogP contribution in [0.2, 0.25) is 0 Å². The lowest BCUT2D eigenvalue weighted by Crippen LogP contribution is -2.38. The molecule has 2 atom stereocenters. The van der Waals surface area contributed by atoms with Gasteiger partial charge in [-0.3, -0.25) is 14.4 Å². The van der Waals surface area contributed by atoms with Gasteiger partial charge < -0.3 is 14.5 Å². The Morgan fingerprint density at radius 1 is 1.22 bits per heavy atom. The van der Waals surface area contributed by atoms with Gasteiger partial charge in [0, 0.05) is 31.9 Å². The van der Waals surface area contributed by atoms with Crippen LogP contribution in [0, 0.1) is 11.8 Å². The minimum absolute atomic E-state index is 0.0564. The first-order valence-corrected chi connectivity index (χ1v) is 9.03. The van der Waals surface area contributed by atoms with Crippen molar-refractivity contribution in [2.24, 2.45) is 11.8 Å². The van der Waals surface area contributed by atoms with Crippen molar-refractivity contribution in [2.75, 3.05) is 32.1 Å². The van der Waals surface area contributed by atoms with E-state index in [9.17, 15) is 14.4 Å². The highest BCUT2D eigenvalue weighted by Gasteiger charge is 2.37. The van der Waals surface area contributed by atoms with Gasteiger partial charge >= 0.3 is 5.97 Å². The number of amides is 2. The molecule has 1 saturated heterocycles. The Morgan fingerprint density at radius 2 is 1.93 bits per heavy atom. The van der Waals surface area contributed by atoms with E-state index in [1.54, 1.807) is 18.9 Å². The average Bonchev–Trinajstić information content (AvgIpc) is 3.07. The Kier molecular flexibility index (Phi) is 5.44. The zero-order chi connectivity index (χ0) is 19.6. The van der Waals surface area contributed by atoms with Crippen LogP contribution in [-0.2, 0) is 19.1 Å². The fraction of sp³-hybridized carbons (Fsp3) is 0.381. The number of hydrogen-bond donors (Lipinski definition) is 0. The molecule has 0 aromatic heterocycles. The fourth-order valence-corrected chi connectivity index (χ4v) is 3.64. The molecule has 3 rings (SSSR count). The summed E-state index contributed by atoms with van der Waals surface area (Å²) in [6.07, 6.45) is 0.180. The molecular weight excluding hydrogens is 344 g/mol. The largest absolute Gasteiger partial charge is 0.469 e. The van der Waals surface area contributed by atoms with Gasteiger partial charge in [0.1, 0.15) is 0 Å². The summed E-state index contributed by atoms with van der Waals surface area (Å²) in [4.78, 5) is 40.2. The van der Waals surface area contributed by atoms with Gasteiger partial charge in [0.15, 0.2) is 0 Å². The number of ether oxygens (including phenoxy) is 1. The first-order valence-electron chi connectivity index (χ1n) is 9.03. The van der Waals surface area contributed by atoms with Gasteiger partial charge in [-0.1, -0.05) is 43.3 Å². The molecule has 0 bridgehead atoms. The summed E-state index contributed by atoms with van der Waals surface area (Å²) in [5.41, 5.74) is 0.832. The van der Waals surface area contributed by atoms with Crippen LogP contribution in [0.1, 0.15) is 13.3 Å². The number of carbonyl (C=O) groups excluding carboxylic acids is 3. The predicted octanol–water partition coefficient (Wildman–Crippen LogP) is 2.46. The molecule has 0 saturated carbocycles. The number of hydrogen-bond acceptors (Lipinski definition) is 4. The molecule has 142 valence electrons. The minimum Gasteiger partial charge on any atom is -0.469 e. The van der Waals surface area contributed by atoms with E-state index in [4.69, 9.17) is 4.74 Å². The van der Waals surface area contributed by atoms with Gasteiger partial charge in [0.2, 0.25) is 11.8 Å². The van der Waals surface area contributed by atoms with Gasteiger partial charge in [-0.2, -0.15) is 0 Å². The van der Waals surface area contributed by atoms with E-state index in [-0.39, 0.29) is 30.7 Å². The van der Waals surface area contributed by atoms with E-state index in [2.05, 4.69) is 0 Å². The lowest BCUT2D eigenvalue weighted by atomic mass is 10.1. The van der Waals surface area contributed by atoms with E-state index in [1.165, 1.54) is 12.0 Å². The van der Waals surface area contributed by atoms with Crippen LogP contribution in [0.25, 0.3) is 10.8 Å². The maximum Gasteiger partial charge on any atom is 0.310 e. The lowest BCUT2D eigenvalue weighted by Gasteiger charge is -2.24. The third-order valence-corrected chi connectivity index (χ3v) is 5.06. The normalized spacial score (nSPS) is 17.8. The smallest absolute Gasteiger partial charge is 0.310 e. The predicted molar refractivity (Wildman–Crippen MR) is 103 cm³/mol. The molecule has 6 nitrogen and oxygen atoms in total. The van der Waals surface area contributed by atoms with Gasteiger partial charge in [0.05, 0.1) is 24.6 Å². The van der Waals surface area contributed by atoms with Crippen LogP contribution in [0.4, 0.5) is 5.69 Å². The number of nitrogens with zero attached hydrogens (tertiary/aromatic N) is 2. The fourth-order valence-electron chi connectivity index (χ4n) is 3.64. The van der Waals surface area contributed by atoms with E-state index >= 15 is 0 Å². The van der Waals surface area contributed by atoms with E-state index < -0.39 is 11.8 Å². The first-order chi connectivity index (χ1) is 12.9. The molecule has 1 aliphatic heterocycles. The molecule has 1 aliphatic rings. The van der Waals surface area contributed by atoms with Crippen molar-refractivity contribution in [3.05, 3.63) is 42.5 Å². The summed E-state index contributed by atoms with van der Waals surface area (Å²) >= 11 is 0. The van der Waals surface area contributed by atoms with Crippen molar-refractivity contribution in [3.63, 3.8) is 0 Å². The molecule has 0 spiro atoms. The van der Waals surface area contributed by atoms with Crippen LogP contribution in [0.5, 0.6) is 0 Å². The van der Waals surface area contributed by atoms with E-state index in [1.807, 2.05) is 42.5 Å². The second kappa shape index (κ2) is 7.78. The number of carbonyl (C=O) groups is 3. The third kappa shape index (κ3) is 3.79. The maximum atomic E-state index is 12.8. The maximum absolute atomic E-state index is 12.8. The summed E-state index contributed by atoms with van der Waals surface area (Å²) in [5.74, 6) is -1.35. The number of anilines is 1. The molecule has 2 aromatic carbocycles. The quantitative estimate of drug-likeness (QED) is 0.761. The molecule has 27 heavy (non-hydrogen) atoms. The highest BCUT2D eigenvalue weighted by molar-refractivity contribution is 6.07. The van der Waals surface area contributed by atoms with Crippen LogP contribution in [0.15, 0.2) is 42.5 Å². The average molecular weight is 368 g/mol. The second-order valence-electron chi connectivity index (χ2n) is 7.05. The van der Waals surface area contributed by atoms with Crippen molar-refractivity contribution < 1.29 is 19.1 Å². The number of benzene rings is 2. The molecule has 0 unspecified atom stereocenters. The van der Waals surface area contributed by atoms with Crippen LogP contribution in [-0.4, -0.2) is 49.9 Å². The highest BCUT2D eigenvalue weighted by Crippen LogP contribution is 2.32. The molecule has 2 amide bonds. The molecule has 0 aliphatic carbocycles. The topological polar surface area (TPSA) is 66.9 Å². The number of fused-ring (bicyclic) bond motifs is 1. The summed E-state index contributed by atoms with van der Waals surface area (Å²) < 4.78 is 4.71. The monoisotopic (exact) mass is 368 g/mol. The number of methoxy groups -OCH3 is 1. The van der Waals surface area contributed by atoms with Crippen LogP contribution >= 0.6 is 0 Å². The van der Waals surface area contributed by atoms with Crippen molar-refractivity contribution in [1.29, 1.82) is 0 Å². The second-order valence-corrected chi connectivity index (χ2v) is 7.05. The minimum atomic E-state index is -0.411. The molecule has 0 N–H and O–H groups in total. The SMILES string of the molecule is COC(=O)[C@H](C)CN(C)C(=O)[C@@H]1CC(=O)N(c2cccc3ccccc23)C1. The van der Waals surface area contributed by atoms with E-state index in [0.717, 1.165) is 16.5 Å². The summed E-state index contributed by atoms with van der Waals surface area (Å²) in [6.45, 7) is 2.34. The van der Waals surface area contributed by atoms with Crippen molar-refractivity contribution in [2.45, 2.75) is 13.3 Å². The van der Waals surface area contributed by atoms with Gasteiger partial charge in [0.25, 0.3) is 0 Å². The van der Waals surface area contributed by atoms with Crippen LogP contribution in [0.3, 0.4) is 0 Å². The third-order valence-electron chi connectivity index (χ3n) is 5.06. The zero-order valence-electron chi connectivity index (χ0n) is 15.8. The first kappa shape index (κ1) is 18.9. The van der Waals surface area contributed by atoms with Gasteiger partial charge in [-0.15, -0.1) is 0 Å². The summed E-state index contributed by atoms with van der Waals surface area (Å²) in [6, 6.07) is 13.7. The Hall–Kier alpha value is -2.89. The standard InChI is InChI=1S/C21H24N2O4/c1-14(21(26)27-3)12-22(2)20(25)16-11-19(24)23(13-16)18-10-6-8-15-7-4-5-9-17(15)18/h4-10,14,16H,11-13H2,1-3H3/t14-,16-/m1/s1. The Balaban J connectivity index is 1.75. The Morgan fingerprint density at radius 3 is 2.67 bits per heavy atom. The molecule has 0 radical (unpaired) electrons. The summed E-state index contributed by atoms with van der Waals surface area (Å²) in [7, 11) is 2.99.